The second-order valence-electron chi connectivity index (χ2n) is 10.00. The minimum atomic E-state index is -3.88. The van der Waals surface area contributed by atoms with E-state index in [1.807, 2.05) is 103 Å². The van der Waals surface area contributed by atoms with Gasteiger partial charge in [0.25, 0.3) is 0 Å². The van der Waals surface area contributed by atoms with Crippen LogP contribution in [0.5, 0.6) is 0 Å². The summed E-state index contributed by atoms with van der Waals surface area (Å²) in [6.45, 7) is 2.60. The normalized spacial score (nSPS) is 21.3. The van der Waals surface area contributed by atoms with Gasteiger partial charge in [-0.05, 0) is 60.4 Å². The van der Waals surface area contributed by atoms with Crippen LogP contribution < -0.4 is 4.90 Å². The number of rotatable bonds is 5. The Hall–Kier alpha value is -3.26. The van der Waals surface area contributed by atoms with Crippen LogP contribution >= 0.6 is 15.9 Å². The van der Waals surface area contributed by atoms with E-state index in [0.717, 1.165) is 32.4 Å². The van der Waals surface area contributed by atoms with Gasteiger partial charge in [-0.25, -0.2) is 8.42 Å². The molecule has 4 aromatic rings. The number of hydrogen-bond acceptors (Lipinski definition) is 3. The smallest absolute Gasteiger partial charge is 0.243 e. The van der Waals surface area contributed by atoms with E-state index in [2.05, 4.69) is 15.9 Å². The quantitative estimate of drug-likeness (QED) is 0.273. The van der Waals surface area contributed by atoms with E-state index in [4.69, 9.17) is 0 Å². The highest BCUT2D eigenvalue weighted by Gasteiger charge is 2.62. The van der Waals surface area contributed by atoms with E-state index in [9.17, 15) is 13.2 Å². The fourth-order valence-electron chi connectivity index (χ4n) is 5.98. The average molecular weight is 588 g/mol. The van der Waals surface area contributed by atoms with Gasteiger partial charge in [-0.15, -0.1) is 0 Å². The molecule has 1 saturated heterocycles. The lowest BCUT2D eigenvalue weighted by Crippen LogP contribution is -2.45. The van der Waals surface area contributed by atoms with E-state index in [-0.39, 0.29) is 17.3 Å². The van der Waals surface area contributed by atoms with Crippen molar-refractivity contribution in [2.24, 2.45) is 0 Å². The molecule has 0 saturated carbocycles. The predicted octanol–water partition coefficient (Wildman–Crippen LogP) is 6.38. The number of nitrogens with zero attached hydrogens (tertiary/aromatic N) is 2. The zero-order chi connectivity index (χ0) is 26.5. The Kier molecular flexibility index (Phi) is 6.25. The van der Waals surface area contributed by atoms with Gasteiger partial charge in [0, 0.05) is 16.7 Å². The third-order valence-corrected chi connectivity index (χ3v) is 10.2. The first-order valence-electron chi connectivity index (χ1n) is 12.6. The van der Waals surface area contributed by atoms with Gasteiger partial charge in [-0.1, -0.05) is 94.3 Å². The summed E-state index contributed by atoms with van der Waals surface area (Å²) >= 11 is 3.50. The molecule has 0 bridgehead atoms. The van der Waals surface area contributed by atoms with E-state index in [1.165, 1.54) is 0 Å². The number of amides is 1. The highest BCUT2D eigenvalue weighted by Crippen LogP contribution is 2.58. The monoisotopic (exact) mass is 586 g/mol. The molecule has 0 radical (unpaired) electrons. The zero-order valence-corrected chi connectivity index (χ0v) is 23.3. The summed E-state index contributed by atoms with van der Waals surface area (Å²) < 4.78 is 30.7. The molecule has 0 aromatic heterocycles. The standard InChI is InChI=1S/C31H27BrN2O3S/c1-22-11-17-26(18-12-22)38(36,37)34-20-19-31(29(34)24-13-15-25(32)16-14-24)27-9-5-6-10-28(27)33(30(31)35)21-23-7-3-2-4-8-23/h2-18,29H,19-21H2,1H3/t29-,31+/m1/s1. The zero-order valence-electron chi connectivity index (χ0n) is 20.9. The highest BCUT2D eigenvalue weighted by atomic mass is 79.9. The van der Waals surface area contributed by atoms with Crippen molar-refractivity contribution in [1.29, 1.82) is 0 Å². The maximum absolute atomic E-state index is 14.6. The minimum Gasteiger partial charge on any atom is -0.307 e. The number of anilines is 1. The van der Waals surface area contributed by atoms with Crippen LogP contribution in [0.3, 0.4) is 0 Å². The molecule has 4 aromatic carbocycles. The predicted molar refractivity (Wildman–Crippen MR) is 152 cm³/mol. The van der Waals surface area contributed by atoms with Crippen molar-refractivity contribution in [3.63, 3.8) is 0 Å². The van der Waals surface area contributed by atoms with Crippen molar-refractivity contribution in [2.45, 2.75) is 36.2 Å². The second-order valence-corrected chi connectivity index (χ2v) is 12.8. The molecule has 0 aliphatic carbocycles. The lowest BCUT2D eigenvalue weighted by atomic mass is 9.73. The van der Waals surface area contributed by atoms with Crippen molar-refractivity contribution in [3.8, 4) is 0 Å². The summed E-state index contributed by atoms with van der Waals surface area (Å²) in [5.74, 6) is -0.0583. The highest BCUT2D eigenvalue weighted by molar-refractivity contribution is 9.10. The Morgan fingerprint density at radius 3 is 2.24 bits per heavy atom. The molecule has 1 fully saturated rings. The van der Waals surface area contributed by atoms with Gasteiger partial charge in [-0.2, -0.15) is 4.31 Å². The summed E-state index contributed by atoms with van der Waals surface area (Å²) in [5.41, 5.74) is 3.51. The lowest BCUT2D eigenvalue weighted by molar-refractivity contribution is -0.124. The van der Waals surface area contributed by atoms with Crippen molar-refractivity contribution >= 4 is 37.5 Å². The van der Waals surface area contributed by atoms with Gasteiger partial charge in [0.1, 0.15) is 0 Å². The molecule has 2 atom stereocenters. The average Bonchev–Trinajstić information content (AvgIpc) is 3.44. The van der Waals surface area contributed by atoms with Gasteiger partial charge in [0.05, 0.1) is 22.9 Å². The summed E-state index contributed by atoms with van der Waals surface area (Å²) in [6, 6.07) is 31.7. The van der Waals surface area contributed by atoms with E-state index < -0.39 is 21.5 Å². The molecule has 192 valence electrons. The van der Waals surface area contributed by atoms with Gasteiger partial charge in [-0.3, -0.25) is 4.79 Å². The van der Waals surface area contributed by atoms with Crippen LogP contribution in [0, 0.1) is 6.92 Å². The SMILES string of the molecule is Cc1ccc(S(=O)(=O)N2CC[C@@]3(C(=O)N(Cc4ccccc4)c4ccccc43)[C@H]2c2ccc(Br)cc2)cc1. The summed E-state index contributed by atoms with van der Waals surface area (Å²) in [5, 5.41) is 0. The maximum atomic E-state index is 14.6. The number of halogens is 1. The van der Waals surface area contributed by atoms with Gasteiger partial charge in [0.15, 0.2) is 0 Å². The molecule has 1 amide bonds. The molecule has 5 nitrogen and oxygen atoms in total. The third-order valence-electron chi connectivity index (χ3n) is 7.78. The Morgan fingerprint density at radius 1 is 0.868 bits per heavy atom. The number of hydrogen-bond donors (Lipinski definition) is 0. The first-order valence-corrected chi connectivity index (χ1v) is 14.8. The Balaban J connectivity index is 1.53. The van der Waals surface area contributed by atoms with Crippen molar-refractivity contribution in [3.05, 3.63) is 130 Å². The number of carbonyl (C=O) groups excluding carboxylic acids is 1. The Morgan fingerprint density at radius 2 is 1.53 bits per heavy atom. The third kappa shape index (κ3) is 3.92. The molecule has 2 aliphatic heterocycles. The molecule has 0 unspecified atom stereocenters. The van der Waals surface area contributed by atoms with E-state index >= 15 is 0 Å². The summed E-state index contributed by atoms with van der Waals surface area (Å²) in [4.78, 5) is 16.7. The number of carbonyl (C=O) groups is 1. The largest absolute Gasteiger partial charge is 0.307 e. The van der Waals surface area contributed by atoms with Crippen LogP contribution in [-0.4, -0.2) is 25.2 Å². The number of para-hydroxylation sites is 1. The topological polar surface area (TPSA) is 57.7 Å². The number of sulfonamides is 1. The fourth-order valence-corrected chi connectivity index (χ4v) is 7.91. The number of aryl methyl sites for hydroxylation is 1. The van der Waals surface area contributed by atoms with E-state index in [1.54, 1.807) is 16.4 Å². The molecule has 38 heavy (non-hydrogen) atoms. The molecule has 6 rings (SSSR count). The summed E-state index contributed by atoms with van der Waals surface area (Å²) in [7, 11) is -3.88. The Labute approximate surface area is 231 Å². The first-order chi connectivity index (χ1) is 18.3. The van der Waals surface area contributed by atoms with Crippen LogP contribution in [-0.2, 0) is 26.8 Å². The van der Waals surface area contributed by atoms with Crippen LogP contribution in [0.4, 0.5) is 5.69 Å². The van der Waals surface area contributed by atoms with Crippen LogP contribution in [0.1, 0.15) is 34.7 Å². The number of fused-ring (bicyclic) bond motifs is 2. The molecular weight excluding hydrogens is 560 g/mol. The van der Waals surface area contributed by atoms with Crippen LogP contribution in [0.25, 0.3) is 0 Å². The molecule has 0 N–H and O–H groups in total. The lowest BCUT2D eigenvalue weighted by Gasteiger charge is -2.34. The molecule has 1 spiro atoms. The Bertz CT molecular complexity index is 1610. The molecule has 7 heteroatoms. The maximum Gasteiger partial charge on any atom is 0.243 e. The van der Waals surface area contributed by atoms with Crippen LogP contribution in [0.2, 0.25) is 0 Å². The number of benzene rings is 4. The molecule has 2 heterocycles. The van der Waals surface area contributed by atoms with Gasteiger partial charge >= 0.3 is 0 Å². The second kappa shape index (κ2) is 9.49. The van der Waals surface area contributed by atoms with Crippen molar-refractivity contribution in [1.82, 2.24) is 4.31 Å². The minimum absolute atomic E-state index is 0.0583. The van der Waals surface area contributed by atoms with Gasteiger partial charge in [0.2, 0.25) is 15.9 Å². The fraction of sp³-hybridized carbons (Fsp3) is 0.194. The molecular formula is C31H27BrN2O3S. The van der Waals surface area contributed by atoms with Crippen LogP contribution in [0.15, 0.2) is 112 Å². The summed E-state index contributed by atoms with van der Waals surface area (Å²) in [6.07, 6.45) is 0.403. The van der Waals surface area contributed by atoms with E-state index in [0.29, 0.717) is 13.0 Å². The van der Waals surface area contributed by atoms with Gasteiger partial charge < -0.3 is 4.90 Å². The first kappa shape index (κ1) is 25.0. The van der Waals surface area contributed by atoms with Crippen molar-refractivity contribution < 1.29 is 13.2 Å². The molecule has 2 aliphatic rings. The van der Waals surface area contributed by atoms with Crippen molar-refractivity contribution in [2.75, 3.05) is 11.4 Å².